The molecule has 114 valence electrons. The molecular formula is C15H21N3O3. The minimum Gasteiger partial charge on any atom is -0.381 e. The number of carbonyl (C=O) groups is 2. The number of hydrogen-bond donors (Lipinski definition) is 3. The third-order valence-electron chi connectivity index (χ3n) is 3.79. The van der Waals surface area contributed by atoms with Gasteiger partial charge >= 0.3 is 0 Å². The fraction of sp³-hybridized carbons (Fsp3) is 0.467. The topological polar surface area (TPSA) is 93.5 Å². The second-order valence-electron chi connectivity index (χ2n) is 5.31. The van der Waals surface area contributed by atoms with Crippen molar-refractivity contribution in [1.82, 2.24) is 0 Å². The van der Waals surface area contributed by atoms with Crippen LogP contribution < -0.4 is 16.4 Å². The van der Waals surface area contributed by atoms with Gasteiger partial charge in [-0.15, -0.1) is 0 Å². The Bertz CT molecular complexity index is 507. The van der Waals surface area contributed by atoms with E-state index in [4.69, 9.17) is 10.5 Å². The quantitative estimate of drug-likeness (QED) is 0.780. The van der Waals surface area contributed by atoms with E-state index in [-0.39, 0.29) is 11.8 Å². The standard InChI is InChI=1S/C15H21N3O3/c1-11(19)17-12-2-4-13(5-3-12)18-14(20)15(10-16)6-8-21-9-7-15/h2-5H,6-10,16H2,1H3,(H,17,19)(H,18,20). The number of carbonyl (C=O) groups excluding carboxylic acids is 2. The molecule has 1 heterocycles. The zero-order valence-corrected chi connectivity index (χ0v) is 12.1. The molecule has 0 saturated carbocycles. The Morgan fingerprint density at radius 3 is 2.14 bits per heavy atom. The predicted octanol–water partition coefficient (Wildman–Crippen LogP) is 1.34. The number of benzene rings is 1. The molecular weight excluding hydrogens is 270 g/mol. The van der Waals surface area contributed by atoms with Gasteiger partial charge in [0.2, 0.25) is 11.8 Å². The normalized spacial score (nSPS) is 17.0. The van der Waals surface area contributed by atoms with E-state index in [1.54, 1.807) is 24.3 Å². The molecule has 6 heteroatoms. The molecule has 0 bridgehead atoms. The number of ether oxygens (including phenoxy) is 1. The van der Waals surface area contributed by atoms with Crippen LogP contribution >= 0.6 is 0 Å². The molecule has 2 rings (SSSR count). The van der Waals surface area contributed by atoms with Gasteiger partial charge < -0.3 is 21.1 Å². The number of nitrogens with two attached hydrogens (primary N) is 1. The van der Waals surface area contributed by atoms with Crippen molar-refractivity contribution in [2.75, 3.05) is 30.4 Å². The summed E-state index contributed by atoms with van der Waals surface area (Å²) < 4.78 is 5.30. The van der Waals surface area contributed by atoms with E-state index in [0.717, 1.165) is 0 Å². The van der Waals surface area contributed by atoms with Crippen molar-refractivity contribution in [3.8, 4) is 0 Å². The molecule has 1 aliphatic rings. The molecule has 0 aromatic heterocycles. The van der Waals surface area contributed by atoms with Crippen molar-refractivity contribution in [2.45, 2.75) is 19.8 Å². The monoisotopic (exact) mass is 291 g/mol. The fourth-order valence-electron chi connectivity index (χ4n) is 2.39. The van der Waals surface area contributed by atoms with Gasteiger partial charge in [-0.2, -0.15) is 0 Å². The second-order valence-corrected chi connectivity index (χ2v) is 5.31. The van der Waals surface area contributed by atoms with Crippen LogP contribution in [-0.2, 0) is 14.3 Å². The number of anilines is 2. The minimum atomic E-state index is -0.547. The van der Waals surface area contributed by atoms with Crippen molar-refractivity contribution in [3.63, 3.8) is 0 Å². The highest BCUT2D eigenvalue weighted by Crippen LogP contribution is 2.31. The van der Waals surface area contributed by atoms with E-state index < -0.39 is 5.41 Å². The Morgan fingerprint density at radius 2 is 1.67 bits per heavy atom. The van der Waals surface area contributed by atoms with Crippen LogP contribution in [0.2, 0.25) is 0 Å². The van der Waals surface area contributed by atoms with Gasteiger partial charge in [-0.1, -0.05) is 0 Å². The van der Waals surface area contributed by atoms with Crippen molar-refractivity contribution < 1.29 is 14.3 Å². The maximum Gasteiger partial charge on any atom is 0.232 e. The Morgan fingerprint density at radius 1 is 1.14 bits per heavy atom. The Balaban J connectivity index is 2.03. The summed E-state index contributed by atoms with van der Waals surface area (Å²) >= 11 is 0. The molecule has 2 amide bonds. The molecule has 4 N–H and O–H groups in total. The van der Waals surface area contributed by atoms with E-state index in [1.807, 2.05) is 0 Å². The fourth-order valence-corrected chi connectivity index (χ4v) is 2.39. The minimum absolute atomic E-state index is 0.0689. The lowest BCUT2D eigenvalue weighted by Gasteiger charge is -2.34. The van der Waals surface area contributed by atoms with E-state index in [0.29, 0.717) is 44.0 Å². The van der Waals surface area contributed by atoms with Crippen LogP contribution in [0.25, 0.3) is 0 Å². The Labute approximate surface area is 124 Å². The smallest absolute Gasteiger partial charge is 0.232 e. The zero-order valence-electron chi connectivity index (χ0n) is 12.1. The van der Waals surface area contributed by atoms with Crippen LogP contribution in [-0.4, -0.2) is 31.6 Å². The summed E-state index contributed by atoms with van der Waals surface area (Å²) in [4.78, 5) is 23.4. The van der Waals surface area contributed by atoms with Crippen molar-refractivity contribution >= 4 is 23.2 Å². The Kier molecular flexibility index (Phi) is 4.93. The molecule has 0 spiro atoms. The summed E-state index contributed by atoms with van der Waals surface area (Å²) in [6.07, 6.45) is 1.28. The first-order valence-electron chi connectivity index (χ1n) is 7.03. The molecule has 21 heavy (non-hydrogen) atoms. The van der Waals surface area contributed by atoms with Gasteiger partial charge in [0, 0.05) is 38.1 Å². The molecule has 0 radical (unpaired) electrons. The summed E-state index contributed by atoms with van der Waals surface area (Å²) in [5.74, 6) is -0.198. The van der Waals surface area contributed by atoms with Crippen LogP contribution in [0.1, 0.15) is 19.8 Å². The Hall–Kier alpha value is -1.92. The van der Waals surface area contributed by atoms with E-state index in [9.17, 15) is 9.59 Å². The highest BCUT2D eigenvalue weighted by molar-refractivity contribution is 5.96. The summed E-state index contributed by atoms with van der Waals surface area (Å²) in [6, 6.07) is 7.01. The van der Waals surface area contributed by atoms with Crippen molar-refractivity contribution in [3.05, 3.63) is 24.3 Å². The highest BCUT2D eigenvalue weighted by Gasteiger charge is 2.38. The molecule has 1 aliphatic heterocycles. The van der Waals surface area contributed by atoms with Gasteiger partial charge in [-0.3, -0.25) is 9.59 Å². The maximum atomic E-state index is 12.5. The molecule has 1 saturated heterocycles. The zero-order chi connectivity index (χ0) is 15.3. The van der Waals surface area contributed by atoms with Crippen LogP contribution in [0.15, 0.2) is 24.3 Å². The maximum absolute atomic E-state index is 12.5. The highest BCUT2D eigenvalue weighted by atomic mass is 16.5. The number of amides is 2. The van der Waals surface area contributed by atoms with E-state index in [1.165, 1.54) is 6.92 Å². The first kappa shape index (κ1) is 15.5. The van der Waals surface area contributed by atoms with E-state index in [2.05, 4.69) is 10.6 Å². The lowest BCUT2D eigenvalue weighted by atomic mass is 9.79. The van der Waals surface area contributed by atoms with Crippen molar-refractivity contribution in [1.29, 1.82) is 0 Å². The molecule has 0 aliphatic carbocycles. The second kappa shape index (κ2) is 6.69. The largest absolute Gasteiger partial charge is 0.381 e. The van der Waals surface area contributed by atoms with Gasteiger partial charge in [-0.05, 0) is 37.1 Å². The summed E-state index contributed by atoms with van der Waals surface area (Å²) in [5, 5.41) is 5.58. The molecule has 6 nitrogen and oxygen atoms in total. The van der Waals surface area contributed by atoms with E-state index >= 15 is 0 Å². The number of rotatable bonds is 4. The summed E-state index contributed by atoms with van der Waals surface area (Å²) in [7, 11) is 0. The van der Waals surface area contributed by atoms with Gasteiger partial charge in [-0.25, -0.2) is 0 Å². The van der Waals surface area contributed by atoms with Crippen LogP contribution in [0.5, 0.6) is 0 Å². The average molecular weight is 291 g/mol. The third-order valence-corrected chi connectivity index (χ3v) is 3.79. The average Bonchev–Trinajstić information content (AvgIpc) is 2.49. The number of nitrogens with one attached hydrogen (secondary N) is 2. The molecule has 1 aromatic carbocycles. The van der Waals surface area contributed by atoms with Crippen LogP contribution in [0.3, 0.4) is 0 Å². The first-order valence-corrected chi connectivity index (χ1v) is 7.03. The van der Waals surface area contributed by atoms with Crippen molar-refractivity contribution in [2.24, 2.45) is 11.1 Å². The lowest BCUT2D eigenvalue weighted by Crippen LogP contribution is -2.46. The third kappa shape index (κ3) is 3.80. The molecule has 0 atom stereocenters. The van der Waals surface area contributed by atoms with Gasteiger partial charge in [0.05, 0.1) is 5.41 Å². The first-order chi connectivity index (χ1) is 10.1. The SMILES string of the molecule is CC(=O)Nc1ccc(NC(=O)C2(CN)CCOCC2)cc1. The van der Waals surface area contributed by atoms with Crippen LogP contribution in [0, 0.1) is 5.41 Å². The summed E-state index contributed by atoms with van der Waals surface area (Å²) in [5.41, 5.74) is 6.64. The predicted molar refractivity (Wildman–Crippen MR) is 80.9 cm³/mol. The van der Waals surface area contributed by atoms with Gasteiger partial charge in [0.15, 0.2) is 0 Å². The number of hydrogen-bond acceptors (Lipinski definition) is 4. The summed E-state index contributed by atoms with van der Waals surface area (Å²) in [6.45, 7) is 2.89. The molecule has 1 aromatic rings. The molecule has 0 unspecified atom stereocenters. The van der Waals surface area contributed by atoms with Gasteiger partial charge in [0.25, 0.3) is 0 Å². The van der Waals surface area contributed by atoms with Gasteiger partial charge in [0.1, 0.15) is 0 Å². The lowest BCUT2D eigenvalue weighted by molar-refractivity contribution is -0.130. The van der Waals surface area contributed by atoms with Crippen LogP contribution in [0.4, 0.5) is 11.4 Å². The molecule has 1 fully saturated rings.